The molecule has 0 unspecified atom stereocenters. The summed E-state index contributed by atoms with van der Waals surface area (Å²) in [6.45, 7) is 3.91. The molecule has 3 N–H and O–H groups in total. The molecule has 0 spiro atoms. The average Bonchev–Trinajstić information content (AvgIpc) is 2.57. The summed E-state index contributed by atoms with van der Waals surface area (Å²) in [6.07, 6.45) is 1.66. The van der Waals surface area contributed by atoms with E-state index < -0.39 is 0 Å². The number of aromatic amines is 1. The fourth-order valence-electron chi connectivity index (χ4n) is 2.12. The van der Waals surface area contributed by atoms with Crippen LogP contribution in [0, 0.1) is 13.8 Å². The Labute approximate surface area is 139 Å². The van der Waals surface area contributed by atoms with Gasteiger partial charge >= 0.3 is 0 Å². The first-order chi connectivity index (χ1) is 11.0. The van der Waals surface area contributed by atoms with Crippen molar-refractivity contribution in [3.05, 3.63) is 63.1 Å². The Morgan fingerprint density at radius 3 is 2.61 bits per heavy atom. The van der Waals surface area contributed by atoms with Crippen molar-refractivity contribution in [3.8, 4) is 0 Å². The Kier molecular flexibility index (Phi) is 6.01. The number of benzene rings is 1. The predicted molar refractivity (Wildman–Crippen MR) is 92.0 cm³/mol. The van der Waals surface area contributed by atoms with Gasteiger partial charge in [-0.3, -0.25) is 9.59 Å². The number of hydrogen-bond donors (Lipinski definition) is 3. The van der Waals surface area contributed by atoms with E-state index in [1.54, 1.807) is 32.2 Å². The van der Waals surface area contributed by atoms with Crippen molar-refractivity contribution in [1.29, 1.82) is 0 Å². The molecule has 2 aromatic rings. The molecule has 0 aliphatic carbocycles. The second-order valence-electron chi connectivity index (χ2n) is 5.18. The van der Waals surface area contributed by atoms with E-state index in [4.69, 9.17) is 5.11 Å². The number of rotatable bonds is 6. The summed E-state index contributed by atoms with van der Waals surface area (Å²) in [6, 6.07) is 7.21. The molecule has 122 valence electrons. The fraction of sp³-hybridized carbons (Fsp3) is 0.294. The van der Waals surface area contributed by atoms with E-state index >= 15 is 0 Å². The predicted octanol–water partition coefficient (Wildman–Crippen LogP) is 2.01. The van der Waals surface area contributed by atoms with Crippen LogP contribution in [-0.2, 0) is 6.54 Å². The lowest BCUT2D eigenvalue weighted by Crippen LogP contribution is -2.25. The van der Waals surface area contributed by atoms with Gasteiger partial charge in [-0.1, -0.05) is 0 Å². The first-order valence-corrected chi connectivity index (χ1v) is 8.31. The molecular formula is C17H20N2O3S. The van der Waals surface area contributed by atoms with Crippen LogP contribution in [-0.4, -0.2) is 28.4 Å². The first kappa shape index (κ1) is 17.3. The molecule has 0 atom stereocenters. The van der Waals surface area contributed by atoms with E-state index in [1.165, 1.54) is 11.8 Å². The van der Waals surface area contributed by atoms with Gasteiger partial charge < -0.3 is 15.4 Å². The van der Waals surface area contributed by atoms with Crippen molar-refractivity contribution in [1.82, 2.24) is 10.3 Å². The zero-order valence-electron chi connectivity index (χ0n) is 13.2. The van der Waals surface area contributed by atoms with Gasteiger partial charge in [0.2, 0.25) is 0 Å². The van der Waals surface area contributed by atoms with Crippen molar-refractivity contribution >= 4 is 17.7 Å². The number of aliphatic hydroxyl groups excluding tert-OH is 1. The number of H-pyrrole nitrogens is 1. The summed E-state index contributed by atoms with van der Waals surface area (Å²) in [5.74, 6) is 0.440. The second kappa shape index (κ2) is 7.99. The van der Waals surface area contributed by atoms with Gasteiger partial charge in [-0.25, -0.2) is 0 Å². The van der Waals surface area contributed by atoms with Crippen molar-refractivity contribution < 1.29 is 9.90 Å². The molecule has 0 saturated carbocycles. The van der Waals surface area contributed by atoms with Gasteiger partial charge in [0.15, 0.2) is 5.43 Å². The smallest absolute Gasteiger partial charge is 0.251 e. The highest BCUT2D eigenvalue weighted by Gasteiger charge is 2.09. The van der Waals surface area contributed by atoms with Gasteiger partial charge in [0.05, 0.1) is 13.2 Å². The number of hydrogen-bond acceptors (Lipinski definition) is 4. The molecule has 5 nitrogen and oxygen atoms in total. The summed E-state index contributed by atoms with van der Waals surface area (Å²) in [5, 5.41) is 11.6. The molecule has 0 aliphatic heterocycles. The van der Waals surface area contributed by atoms with Crippen LogP contribution in [0.3, 0.4) is 0 Å². The summed E-state index contributed by atoms with van der Waals surface area (Å²) in [4.78, 5) is 28.1. The maximum Gasteiger partial charge on any atom is 0.251 e. The number of amides is 1. The van der Waals surface area contributed by atoms with E-state index in [1.807, 2.05) is 12.1 Å². The minimum absolute atomic E-state index is 0.00161. The zero-order valence-corrected chi connectivity index (χ0v) is 14.0. The topological polar surface area (TPSA) is 82.2 Å². The summed E-state index contributed by atoms with van der Waals surface area (Å²) < 4.78 is 0. The van der Waals surface area contributed by atoms with E-state index in [-0.39, 0.29) is 24.5 Å². The van der Waals surface area contributed by atoms with Crippen LogP contribution in [0.4, 0.5) is 0 Å². The minimum Gasteiger partial charge on any atom is -0.396 e. The van der Waals surface area contributed by atoms with Crippen molar-refractivity contribution in [2.24, 2.45) is 0 Å². The number of aryl methyl sites for hydroxylation is 1. The third kappa shape index (κ3) is 4.46. The van der Waals surface area contributed by atoms with Crippen LogP contribution >= 0.6 is 11.8 Å². The molecule has 1 aromatic heterocycles. The third-order valence-corrected chi connectivity index (χ3v) is 4.51. The zero-order chi connectivity index (χ0) is 16.8. The molecule has 1 heterocycles. The van der Waals surface area contributed by atoms with E-state index in [2.05, 4.69) is 10.3 Å². The average molecular weight is 332 g/mol. The SMILES string of the molecule is Cc1c[nH]c(CNC(=O)c2ccc(SCCO)cc2)c(C)c1=O. The van der Waals surface area contributed by atoms with E-state index in [0.717, 1.165) is 4.90 Å². The molecule has 0 saturated heterocycles. The van der Waals surface area contributed by atoms with Crippen LogP contribution < -0.4 is 10.7 Å². The van der Waals surface area contributed by atoms with Gasteiger partial charge in [-0.05, 0) is 38.1 Å². The van der Waals surface area contributed by atoms with Crippen molar-refractivity contribution in [2.75, 3.05) is 12.4 Å². The Morgan fingerprint density at radius 1 is 1.26 bits per heavy atom. The van der Waals surface area contributed by atoms with Crippen LogP contribution in [0.25, 0.3) is 0 Å². The van der Waals surface area contributed by atoms with Gasteiger partial charge in [0, 0.05) is 39.2 Å². The Hall–Kier alpha value is -2.05. The summed E-state index contributed by atoms with van der Waals surface area (Å²) >= 11 is 1.53. The van der Waals surface area contributed by atoms with Crippen LogP contribution in [0.1, 0.15) is 27.2 Å². The maximum atomic E-state index is 12.2. The normalized spacial score (nSPS) is 10.6. The highest BCUT2D eigenvalue weighted by Crippen LogP contribution is 2.17. The second-order valence-corrected chi connectivity index (χ2v) is 6.35. The molecule has 0 bridgehead atoms. The molecule has 0 aliphatic rings. The minimum atomic E-state index is -0.190. The van der Waals surface area contributed by atoms with Crippen molar-refractivity contribution in [2.45, 2.75) is 25.3 Å². The Balaban J connectivity index is 2.00. The summed E-state index contributed by atoms with van der Waals surface area (Å²) in [5.41, 5.74) is 2.56. The Morgan fingerprint density at radius 2 is 1.96 bits per heavy atom. The van der Waals surface area contributed by atoms with Crippen LogP contribution in [0.2, 0.25) is 0 Å². The van der Waals surface area contributed by atoms with Gasteiger partial charge in [-0.15, -0.1) is 11.8 Å². The number of aromatic nitrogens is 1. The Bertz CT molecular complexity index is 738. The van der Waals surface area contributed by atoms with Crippen LogP contribution in [0.15, 0.2) is 40.2 Å². The number of pyridine rings is 1. The molecule has 6 heteroatoms. The van der Waals surface area contributed by atoms with Crippen LogP contribution in [0.5, 0.6) is 0 Å². The molecule has 1 aromatic carbocycles. The molecule has 2 rings (SSSR count). The summed E-state index contributed by atoms with van der Waals surface area (Å²) in [7, 11) is 0. The van der Waals surface area contributed by atoms with E-state index in [9.17, 15) is 9.59 Å². The number of thioether (sulfide) groups is 1. The highest BCUT2D eigenvalue weighted by atomic mass is 32.2. The van der Waals surface area contributed by atoms with Gasteiger partial charge in [0.1, 0.15) is 0 Å². The van der Waals surface area contributed by atoms with Gasteiger partial charge in [-0.2, -0.15) is 0 Å². The largest absolute Gasteiger partial charge is 0.396 e. The lowest BCUT2D eigenvalue weighted by molar-refractivity contribution is 0.0950. The standard InChI is InChI=1S/C17H20N2O3S/c1-11-9-18-15(12(2)16(11)21)10-19-17(22)13-3-5-14(6-4-13)23-8-7-20/h3-6,9,20H,7-8,10H2,1-2H3,(H,18,21)(H,19,22). The van der Waals surface area contributed by atoms with Gasteiger partial charge in [0.25, 0.3) is 5.91 Å². The molecular weight excluding hydrogens is 312 g/mol. The monoisotopic (exact) mass is 332 g/mol. The lowest BCUT2D eigenvalue weighted by atomic mass is 10.1. The molecule has 0 radical (unpaired) electrons. The number of carbonyl (C=O) groups excluding carboxylic acids is 1. The number of carbonyl (C=O) groups is 1. The number of aliphatic hydroxyl groups is 1. The fourth-order valence-corrected chi connectivity index (χ4v) is 2.78. The first-order valence-electron chi connectivity index (χ1n) is 7.32. The molecule has 1 amide bonds. The lowest BCUT2D eigenvalue weighted by Gasteiger charge is -2.09. The quantitative estimate of drug-likeness (QED) is 0.707. The van der Waals surface area contributed by atoms with Crippen molar-refractivity contribution in [3.63, 3.8) is 0 Å². The number of nitrogens with one attached hydrogen (secondary N) is 2. The molecule has 23 heavy (non-hydrogen) atoms. The highest BCUT2D eigenvalue weighted by molar-refractivity contribution is 7.99. The van der Waals surface area contributed by atoms with E-state index in [0.29, 0.717) is 28.1 Å². The third-order valence-electron chi connectivity index (χ3n) is 3.52. The maximum absolute atomic E-state index is 12.2. The molecule has 0 fully saturated rings.